The van der Waals surface area contributed by atoms with Crippen LogP contribution < -0.4 is 4.72 Å². The molecule has 1 fully saturated rings. The van der Waals surface area contributed by atoms with Gasteiger partial charge in [0.05, 0.1) is 5.92 Å². The van der Waals surface area contributed by atoms with E-state index in [9.17, 15) is 13.2 Å². The van der Waals surface area contributed by atoms with E-state index in [4.69, 9.17) is 5.11 Å². The van der Waals surface area contributed by atoms with Crippen molar-refractivity contribution in [1.29, 1.82) is 0 Å². The summed E-state index contributed by atoms with van der Waals surface area (Å²) < 4.78 is 28.0. The van der Waals surface area contributed by atoms with Gasteiger partial charge in [-0.2, -0.15) is 12.7 Å². The van der Waals surface area contributed by atoms with E-state index in [1.807, 2.05) is 0 Å². The SMILES string of the molecule is O=C(O)C1CCN(S(=O)(=O)Nc2ccccc2)CC1. The van der Waals surface area contributed by atoms with Crippen LogP contribution in [0.5, 0.6) is 0 Å². The minimum absolute atomic E-state index is 0.235. The Morgan fingerprint density at radius 1 is 1.21 bits per heavy atom. The fourth-order valence-corrected chi connectivity index (χ4v) is 3.32. The van der Waals surface area contributed by atoms with Crippen LogP contribution in [0.4, 0.5) is 5.69 Å². The molecule has 0 aliphatic carbocycles. The Morgan fingerprint density at radius 2 is 1.79 bits per heavy atom. The van der Waals surface area contributed by atoms with Crippen LogP contribution in [0.25, 0.3) is 0 Å². The highest BCUT2D eigenvalue weighted by molar-refractivity contribution is 7.90. The van der Waals surface area contributed by atoms with Gasteiger partial charge in [0.25, 0.3) is 0 Å². The zero-order chi connectivity index (χ0) is 13.9. The summed E-state index contributed by atoms with van der Waals surface area (Å²) in [5.41, 5.74) is 0.503. The zero-order valence-electron chi connectivity index (χ0n) is 10.3. The average Bonchev–Trinajstić information content (AvgIpc) is 2.39. The van der Waals surface area contributed by atoms with Gasteiger partial charge in [-0.15, -0.1) is 0 Å². The summed E-state index contributed by atoms with van der Waals surface area (Å²) in [4.78, 5) is 10.8. The number of hydrogen-bond donors (Lipinski definition) is 2. The van der Waals surface area contributed by atoms with Gasteiger partial charge in [-0.3, -0.25) is 9.52 Å². The molecule has 0 bridgehead atoms. The fourth-order valence-electron chi connectivity index (χ4n) is 2.06. The second-order valence-electron chi connectivity index (χ2n) is 4.48. The van der Waals surface area contributed by atoms with Crippen LogP contribution in [-0.4, -0.2) is 36.9 Å². The Kier molecular flexibility index (Phi) is 4.06. The highest BCUT2D eigenvalue weighted by atomic mass is 32.2. The standard InChI is InChI=1S/C12H16N2O4S/c15-12(16)10-6-8-14(9-7-10)19(17,18)13-11-4-2-1-3-5-11/h1-5,10,13H,6-9H2,(H,15,16). The molecule has 0 aromatic heterocycles. The first kappa shape index (κ1) is 13.8. The van der Waals surface area contributed by atoms with Gasteiger partial charge in [0, 0.05) is 18.8 Å². The molecule has 0 atom stereocenters. The number of carboxylic acid groups (broad SMARTS) is 1. The summed E-state index contributed by atoms with van der Waals surface area (Å²) in [5, 5.41) is 8.88. The molecular weight excluding hydrogens is 268 g/mol. The second-order valence-corrected chi connectivity index (χ2v) is 6.16. The van der Waals surface area contributed by atoms with E-state index in [0.717, 1.165) is 0 Å². The zero-order valence-corrected chi connectivity index (χ0v) is 11.1. The lowest BCUT2D eigenvalue weighted by atomic mass is 9.99. The predicted octanol–water partition coefficient (Wildman–Crippen LogP) is 1.14. The Balaban J connectivity index is 2.00. The Bertz CT molecular complexity index is 536. The van der Waals surface area contributed by atoms with Crippen LogP contribution in [0.1, 0.15) is 12.8 Å². The largest absolute Gasteiger partial charge is 0.481 e. The number of piperidine rings is 1. The minimum Gasteiger partial charge on any atom is -0.481 e. The molecule has 0 saturated carbocycles. The topological polar surface area (TPSA) is 86.7 Å². The van der Waals surface area contributed by atoms with Crippen molar-refractivity contribution in [2.75, 3.05) is 17.8 Å². The van der Waals surface area contributed by atoms with E-state index in [0.29, 0.717) is 18.5 Å². The molecule has 7 heteroatoms. The summed E-state index contributed by atoms with van der Waals surface area (Å²) in [6.07, 6.45) is 0.704. The molecule has 1 saturated heterocycles. The van der Waals surface area contributed by atoms with E-state index < -0.39 is 22.1 Å². The molecule has 104 valence electrons. The summed E-state index contributed by atoms with van der Waals surface area (Å²) in [6.45, 7) is 0.471. The van der Waals surface area contributed by atoms with Crippen molar-refractivity contribution in [3.8, 4) is 0 Å². The van der Waals surface area contributed by atoms with E-state index in [2.05, 4.69) is 4.72 Å². The quantitative estimate of drug-likeness (QED) is 0.868. The van der Waals surface area contributed by atoms with Crippen molar-refractivity contribution in [3.05, 3.63) is 30.3 Å². The van der Waals surface area contributed by atoms with Crippen LogP contribution >= 0.6 is 0 Å². The van der Waals surface area contributed by atoms with Gasteiger partial charge in [-0.05, 0) is 25.0 Å². The number of nitrogens with one attached hydrogen (secondary N) is 1. The number of carboxylic acids is 1. The number of benzene rings is 1. The Labute approximate surface area is 112 Å². The summed E-state index contributed by atoms with van der Waals surface area (Å²) in [7, 11) is -3.60. The van der Waals surface area contributed by atoms with Crippen molar-refractivity contribution in [2.45, 2.75) is 12.8 Å². The molecule has 0 unspecified atom stereocenters. The first-order chi connectivity index (χ1) is 8.99. The third-order valence-corrected chi connectivity index (χ3v) is 4.70. The highest BCUT2D eigenvalue weighted by Gasteiger charge is 2.30. The molecule has 1 aromatic carbocycles. The van der Waals surface area contributed by atoms with Crippen LogP contribution in [0.3, 0.4) is 0 Å². The molecular formula is C12H16N2O4S. The number of anilines is 1. The average molecular weight is 284 g/mol. The number of hydrogen-bond acceptors (Lipinski definition) is 3. The Morgan fingerprint density at radius 3 is 2.32 bits per heavy atom. The van der Waals surface area contributed by atoms with Crippen molar-refractivity contribution >= 4 is 21.9 Å². The number of aliphatic carboxylic acids is 1. The van der Waals surface area contributed by atoms with Gasteiger partial charge >= 0.3 is 16.2 Å². The second kappa shape index (κ2) is 5.58. The molecule has 1 aromatic rings. The van der Waals surface area contributed by atoms with Crippen molar-refractivity contribution in [2.24, 2.45) is 5.92 Å². The van der Waals surface area contributed by atoms with E-state index >= 15 is 0 Å². The minimum atomic E-state index is -3.60. The third-order valence-electron chi connectivity index (χ3n) is 3.16. The molecule has 1 aliphatic heterocycles. The van der Waals surface area contributed by atoms with Crippen LogP contribution in [-0.2, 0) is 15.0 Å². The molecule has 2 rings (SSSR count). The molecule has 0 spiro atoms. The lowest BCUT2D eigenvalue weighted by Gasteiger charge is -2.29. The molecule has 2 N–H and O–H groups in total. The maximum absolute atomic E-state index is 12.1. The van der Waals surface area contributed by atoms with Gasteiger partial charge < -0.3 is 5.11 Å². The maximum Gasteiger partial charge on any atom is 0.306 e. The van der Waals surface area contributed by atoms with Gasteiger partial charge in [-0.1, -0.05) is 18.2 Å². The van der Waals surface area contributed by atoms with Gasteiger partial charge in [-0.25, -0.2) is 0 Å². The van der Waals surface area contributed by atoms with E-state index in [1.54, 1.807) is 30.3 Å². The summed E-state index contributed by atoms with van der Waals surface area (Å²) >= 11 is 0. The molecule has 0 amide bonds. The van der Waals surface area contributed by atoms with Crippen LogP contribution in [0.15, 0.2) is 30.3 Å². The lowest BCUT2D eigenvalue weighted by Crippen LogP contribution is -2.42. The van der Waals surface area contributed by atoms with Crippen molar-refractivity contribution in [3.63, 3.8) is 0 Å². The van der Waals surface area contributed by atoms with Gasteiger partial charge in [0.15, 0.2) is 0 Å². The molecule has 19 heavy (non-hydrogen) atoms. The third kappa shape index (κ3) is 3.45. The van der Waals surface area contributed by atoms with E-state index in [1.165, 1.54) is 4.31 Å². The normalized spacial score (nSPS) is 18.1. The monoisotopic (exact) mass is 284 g/mol. The molecule has 6 nitrogen and oxygen atoms in total. The number of para-hydroxylation sites is 1. The van der Waals surface area contributed by atoms with Gasteiger partial charge in [0.2, 0.25) is 0 Å². The van der Waals surface area contributed by atoms with Crippen molar-refractivity contribution < 1.29 is 18.3 Å². The van der Waals surface area contributed by atoms with E-state index in [-0.39, 0.29) is 13.1 Å². The first-order valence-corrected chi connectivity index (χ1v) is 7.49. The number of nitrogens with zero attached hydrogens (tertiary/aromatic N) is 1. The summed E-state index contributed by atoms with van der Waals surface area (Å²) in [6, 6.07) is 8.63. The fraction of sp³-hybridized carbons (Fsp3) is 0.417. The summed E-state index contributed by atoms with van der Waals surface area (Å²) in [5.74, 6) is -1.30. The van der Waals surface area contributed by atoms with Crippen LogP contribution in [0, 0.1) is 5.92 Å². The molecule has 1 aliphatic rings. The molecule has 0 radical (unpaired) electrons. The maximum atomic E-state index is 12.1. The lowest BCUT2D eigenvalue weighted by molar-refractivity contribution is -0.142. The first-order valence-electron chi connectivity index (χ1n) is 6.05. The molecule has 1 heterocycles. The smallest absolute Gasteiger partial charge is 0.306 e. The number of carbonyl (C=O) groups is 1. The highest BCUT2D eigenvalue weighted by Crippen LogP contribution is 2.20. The Hall–Kier alpha value is -1.60. The van der Waals surface area contributed by atoms with Gasteiger partial charge in [0.1, 0.15) is 0 Å². The van der Waals surface area contributed by atoms with Crippen molar-refractivity contribution in [1.82, 2.24) is 4.31 Å². The van der Waals surface area contributed by atoms with Crippen LogP contribution in [0.2, 0.25) is 0 Å². The number of rotatable bonds is 4. The predicted molar refractivity (Wildman–Crippen MR) is 70.9 cm³/mol.